The molecule has 1 aromatic rings. The number of nitrogens with one attached hydrogen (secondary N) is 1. The Hall–Kier alpha value is -1.84. The van der Waals surface area contributed by atoms with Gasteiger partial charge in [0.05, 0.1) is 18.2 Å². The van der Waals surface area contributed by atoms with E-state index in [-0.39, 0.29) is 13.0 Å². The third kappa shape index (κ3) is 3.59. The number of aryl methyl sites for hydroxylation is 1. The van der Waals surface area contributed by atoms with Gasteiger partial charge in [0.15, 0.2) is 0 Å². The summed E-state index contributed by atoms with van der Waals surface area (Å²) in [5.41, 5.74) is 6.82. The Morgan fingerprint density at radius 1 is 1.50 bits per heavy atom. The quantitative estimate of drug-likeness (QED) is 0.641. The Balaban J connectivity index is 3.01. The fourth-order valence-electron chi connectivity index (χ4n) is 1.59. The molecule has 108 valence electrons. The zero-order chi connectivity index (χ0) is 15.3. The summed E-state index contributed by atoms with van der Waals surface area (Å²) in [6.07, 6.45) is 5.27. The van der Waals surface area contributed by atoms with Gasteiger partial charge >= 0.3 is 5.97 Å². The summed E-state index contributed by atoms with van der Waals surface area (Å²) >= 11 is 1.32. The van der Waals surface area contributed by atoms with E-state index in [0.29, 0.717) is 10.6 Å². The maximum absolute atomic E-state index is 11.9. The fraction of sp³-hybridized carbons (Fsp3) is 0.429. The molecule has 1 atom stereocenters. The largest absolute Gasteiger partial charge is 0.462 e. The SMILES string of the molecule is C#CCC(N)C(=O)Nc1sc(C)c(C)c1C(=O)OCC. The molecule has 0 aliphatic carbocycles. The Morgan fingerprint density at radius 2 is 2.15 bits per heavy atom. The average molecular weight is 294 g/mol. The van der Waals surface area contributed by atoms with E-state index >= 15 is 0 Å². The molecule has 0 aliphatic heterocycles. The van der Waals surface area contributed by atoms with Gasteiger partial charge in [0.1, 0.15) is 5.00 Å². The monoisotopic (exact) mass is 294 g/mol. The average Bonchev–Trinajstić information content (AvgIpc) is 2.65. The zero-order valence-electron chi connectivity index (χ0n) is 11.8. The number of nitrogens with two attached hydrogens (primary N) is 1. The number of carbonyl (C=O) groups is 2. The van der Waals surface area contributed by atoms with Crippen molar-refractivity contribution >= 4 is 28.2 Å². The van der Waals surface area contributed by atoms with E-state index in [1.165, 1.54) is 11.3 Å². The molecule has 1 aromatic heterocycles. The van der Waals surface area contributed by atoms with E-state index in [4.69, 9.17) is 16.9 Å². The smallest absolute Gasteiger partial charge is 0.341 e. The summed E-state index contributed by atoms with van der Waals surface area (Å²) < 4.78 is 5.01. The second kappa shape index (κ2) is 7.08. The van der Waals surface area contributed by atoms with E-state index in [0.717, 1.165) is 10.4 Å². The molecule has 1 unspecified atom stereocenters. The summed E-state index contributed by atoms with van der Waals surface area (Å²) in [6.45, 7) is 5.69. The minimum absolute atomic E-state index is 0.143. The van der Waals surface area contributed by atoms with Crippen molar-refractivity contribution in [2.24, 2.45) is 5.73 Å². The first-order valence-electron chi connectivity index (χ1n) is 6.19. The third-order valence-corrected chi connectivity index (χ3v) is 3.90. The van der Waals surface area contributed by atoms with Gasteiger partial charge < -0.3 is 15.8 Å². The predicted molar refractivity (Wildman–Crippen MR) is 79.8 cm³/mol. The van der Waals surface area contributed by atoms with Gasteiger partial charge in [-0.15, -0.1) is 23.7 Å². The molecule has 1 heterocycles. The third-order valence-electron chi connectivity index (χ3n) is 2.78. The van der Waals surface area contributed by atoms with Crippen LogP contribution in [0.5, 0.6) is 0 Å². The minimum atomic E-state index is -0.794. The van der Waals surface area contributed by atoms with Crippen LogP contribution in [0.3, 0.4) is 0 Å². The molecule has 1 amide bonds. The second-order valence-corrected chi connectivity index (χ2v) is 5.44. The lowest BCUT2D eigenvalue weighted by atomic mass is 10.1. The lowest BCUT2D eigenvalue weighted by Gasteiger charge is -2.10. The molecule has 3 N–H and O–H groups in total. The summed E-state index contributed by atoms with van der Waals surface area (Å²) in [5.74, 6) is 1.48. The van der Waals surface area contributed by atoms with Gasteiger partial charge in [-0.05, 0) is 26.3 Å². The molecule has 5 nitrogen and oxygen atoms in total. The number of carbonyl (C=O) groups excluding carboxylic acids is 2. The predicted octanol–water partition coefficient (Wildman–Crippen LogP) is 1.83. The van der Waals surface area contributed by atoms with Crippen molar-refractivity contribution < 1.29 is 14.3 Å². The highest BCUT2D eigenvalue weighted by Crippen LogP contribution is 2.33. The number of terminal acetylenes is 1. The lowest BCUT2D eigenvalue weighted by Crippen LogP contribution is -2.35. The zero-order valence-corrected chi connectivity index (χ0v) is 12.6. The number of thiophene rings is 1. The number of rotatable bonds is 5. The minimum Gasteiger partial charge on any atom is -0.462 e. The van der Waals surface area contributed by atoms with Crippen LogP contribution in [0.15, 0.2) is 0 Å². The molecule has 0 bridgehead atoms. The van der Waals surface area contributed by atoms with Crippen molar-refractivity contribution in [2.75, 3.05) is 11.9 Å². The number of amides is 1. The van der Waals surface area contributed by atoms with E-state index in [9.17, 15) is 9.59 Å². The van der Waals surface area contributed by atoms with Gasteiger partial charge in [-0.1, -0.05) is 0 Å². The van der Waals surface area contributed by atoms with Crippen molar-refractivity contribution in [3.63, 3.8) is 0 Å². The van der Waals surface area contributed by atoms with Crippen LogP contribution in [0, 0.1) is 26.2 Å². The van der Waals surface area contributed by atoms with Crippen LogP contribution in [0.25, 0.3) is 0 Å². The van der Waals surface area contributed by atoms with Crippen LogP contribution >= 0.6 is 11.3 Å². The van der Waals surface area contributed by atoms with E-state index in [2.05, 4.69) is 11.2 Å². The van der Waals surface area contributed by atoms with Crippen LogP contribution in [0.4, 0.5) is 5.00 Å². The molecule has 0 saturated carbocycles. The number of hydrogen-bond donors (Lipinski definition) is 2. The van der Waals surface area contributed by atoms with E-state index in [1.807, 2.05) is 13.8 Å². The molecular formula is C14H18N2O3S. The van der Waals surface area contributed by atoms with Crippen LogP contribution in [-0.4, -0.2) is 24.5 Å². The van der Waals surface area contributed by atoms with Gasteiger partial charge in [-0.3, -0.25) is 4.79 Å². The van der Waals surface area contributed by atoms with Gasteiger partial charge in [-0.25, -0.2) is 4.79 Å². The molecule has 20 heavy (non-hydrogen) atoms. The summed E-state index contributed by atoms with van der Waals surface area (Å²) in [6, 6.07) is -0.794. The first-order valence-corrected chi connectivity index (χ1v) is 7.01. The first kappa shape index (κ1) is 16.2. The standard InChI is InChI=1S/C14H18N2O3S/c1-5-7-10(15)12(17)16-13-11(14(18)19-6-2)8(3)9(4)20-13/h1,10H,6-7,15H2,2-4H3,(H,16,17). The van der Waals surface area contributed by atoms with Crippen molar-refractivity contribution in [1.29, 1.82) is 0 Å². The molecule has 0 aromatic carbocycles. The molecule has 1 rings (SSSR count). The Bertz CT molecular complexity index is 558. The number of anilines is 1. The van der Waals surface area contributed by atoms with Crippen LogP contribution < -0.4 is 11.1 Å². The maximum atomic E-state index is 11.9. The van der Waals surface area contributed by atoms with Gasteiger partial charge in [0.25, 0.3) is 0 Å². The molecular weight excluding hydrogens is 276 g/mol. The number of hydrogen-bond acceptors (Lipinski definition) is 5. The van der Waals surface area contributed by atoms with E-state index in [1.54, 1.807) is 6.92 Å². The van der Waals surface area contributed by atoms with Crippen molar-refractivity contribution in [3.05, 3.63) is 16.0 Å². The molecule has 0 aliphatic rings. The van der Waals surface area contributed by atoms with Crippen molar-refractivity contribution in [3.8, 4) is 12.3 Å². The van der Waals surface area contributed by atoms with Crippen LogP contribution in [-0.2, 0) is 9.53 Å². The fourth-order valence-corrected chi connectivity index (χ4v) is 2.64. The number of ether oxygens (including phenoxy) is 1. The van der Waals surface area contributed by atoms with Crippen LogP contribution in [0.2, 0.25) is 0 Å². The van der Waals surface area contributed by atoms with Crippen molar-refractivity contribution in [2.45, 2.75) is 33.2 Å². The Kier molecular flexibility index (Phi) is 5.74. The highest BCUT2D eigenvalue weighted by Gasteiger charge is 2.23. The molecule has 0 radical (unpaired) electrons. The summed E-state index contributed by atoms with van der Waals surface area (Å²) in [4.78, 5) is 24.8. The molecule has 0 spiro atoms. The topological polar surface area (TPSA) is 81.4 Å². The van der Waals surface area contributed by atoms with Gasteiger partial charge in [-0.2, -0.15) is 0 Å². The molecule has 0 saturated heterocycles. The molecule has 0 fully saturated rings. The maximum Gasteiger partial charge on any atom is 0.341 e. The Labute approximate surface area is 122 Å². The molecule has 6 heteroatoms. The van der Waals surface area contributed by atoms with Crippen LogP contribution in [0.1, 0.15) is 34.1 Å². The summed E-state index contributed by atoms with van der Waals surface area (Å²) in [5, 5.41) is 3.11. The normalized spacial score (nSPS) is 11.6. The van der Waals surface area contributed by atoms with Gasteiger partial charge in [0, 0.05) is 11.3 Å². The first-order chi connectivity index (χ1) is 9.42. The Morgan fingerprint density at radius 3 is 2.70 bits per heavy atom. The highest BCUT2D eigenvalue weighted by atomic mass is 32.1. The van der Waals surface area contributed by atoms with Gasteiger partial charge in [0.2, 0.25) is 5.91 Å². The summed E-state index contributed by atoms with van der Waals surface area (Å²) in [7, 11) is 0. The number of esters is 1. The van der Waals surface area contributed by atoms with Crippen molar-refractivity contribution in [1.82, 2.24) is 0 Å². The lowest BCUT2D eigenvalue weighted by molar-refractivity contribution is -0.117. The van der Waals surface area contributed by atoms with E-state index < -0.39 is 17.9 Å². The second-order valence-electron chi connectivity index (χ2n) is 4.21. The highest BCUT2D eigenvalue weighted by molar-refractivity contribution is 7.16.